The predicted molar refractivity (Wildman–Crippen MR) is 99.9 cm³/mol. The molecule has 0 aromatic heterocycles. The molecule has 1 aliphatic rings. The molecule has 1 rings (SSSR count). The molecule has 0 N–H and O–H groups in total. The average Bonchev–Trinajstić information content (AvgIpc) is 3.34. The fraction of sp³-hybridized carbons (Fsp3) is 0.667. The summed E-state index contributed by atoms with van der Waals surface area (Å²) in [6.45, 7) is 2.24. The third-order valence-corrected chi connectivity index (χ3v) is 4.17. The number of esters is 1. The molecule has 1 saturated heterocycles. The molecule has 0 bridgehead atoms. The highest BCUT2D eigenvalue weighted by atomic mass is 16.6. The smallest absolute Gasteiger partial charge is 0.305 e. The molecule has 136 valence electrons. The van der Waals surface area contributed by atoms with E-state index in [0.29, 0.717) is 18.6 Å². The molecule has 0 saturated carbocycles. The molecule has 0 aromatic carbocycles. The van der Waals surface area contributed by atoms with Crippen LogP contribution in [0.15, 0.2) is 36.5 Å². The van der Waals surface area contributed by atoms with E-state index < -0.39 is 0 Å². The Balaban J connectivity index is 1.92. The first-order valence-electron chi connectivity index (χ1n) is 9.45. The van der Waals surface area contributed by atoms with E-state index in [1.54, 1.807) is 0 Å². The van der Waals surface area contributed by atoms with E-state index in [1.807, 2.05) is 0 Å². The summed E-state index contributed by atoms with van der Waals surface area (Å²) >= 11 is 0. The number of allylic oxidation sites excluding steroid dienone is 5. The quantitative estimate of drug-likeness (QED) is 0.182. The standard InChI is InChI=1S/C21H34O3/c1-3-4-5-6-7-8-9-10-11-12-13-14-16-19-20(24-19)17-15-18-21(22)23-2/h7-8,10-11,13-14,19-20H,3-6,9,12,15-18H2,1-2H3/b8-7-,11-10-,14-13-. The molecule has 0 radical (unpaired) electrons. The van der Waals surface area contributed by atoms with Gasteiger partial charge in [-0.1, -0.05) is 56.2 Å². The summed E-state index contributed by atoms with van der Waals surface area (Å²) in [4.78, 5) is 11.0. The fourth-order valence-corrected chi connectivity index (χ4v) is 2.59. The zero-order valence-corrected chi connectivity index (χ0v) is 15.4. The van der Waals surface area contributed by atoms with Gasteiger partial charge in [0.25, 0.3) is 0 Å². The van der Waals surface area contributed by atoms with Crippen molar-refractivity contribution in [2.75, 3.05) is 7.11 Å². The van der Waals surface area contributed by atoms with Crippen molar-refractivity contribution in [3.05, 3.63) is 36.5 Å². The third kappa shape index (κ3) is 11.2. The van der Waals surface area contributed by atoms with Gasteiger partial charge in [0.05, 0.1) is 19.3 Å². The fourth-order valence-electron chi connectivity index (χ4n) is 2.59. The van der Waals surface area contributed by atoms with Crippen molar-refractivity contribution < 1.29 is 14.3 Å². The summed E-state index contributed by atoms with van der Waals surface area (Å²) < 4.78 is 10.2. The van der Waals surface area contributed by atoms with Gasteiger partial charge in [-0.25, -0.2) is 0 Å². The van der Waals surface area contributed by atoms with Crippen LogP contribution in [0.2, 0.25) is 0 Å². The lowest BCUT2D eigenvalue weighted by Gasteiger charge is -1.96. The zero-order valence-electron chi connectivity index (χ0n) is 15.4. The van der Waals surface area contributed by atoms with Crippen molar-refractivity contribution in [1.29, 1.82) is 0 Å². The molecule has 1 fully saturated rings. The number of carbonyl (C=O) groups excluding carboxylic acids is 1. The van der Waals surface area contributed by atoms with E-state index in [0.717, 1.165) is 32.1 Å². The van der Waals surface area contributed by atoms with Crippen LogP contribution in [0, 0.1) is 0 Å². The van der Waals surface area contributed by atoms with Crippen LogP contribution in [0.4, 0.5) is 0 Å². The lowest BCUT2D eigenvalue weighted by molar-refractivity contribution is -0.140. The Hall–Kier alpha value is -1.35. The predicted octanol–water partition coefficient (Wildman–Crippen LogP) is 5.52. The number of unbranched alkanes of at least 4 members (excludes halogenated alkanes) is 3. The Bertz CT molecular complexity index is 409. The molecule has 2 unspecified atom stereocenters. The molecule has 1 heterocycles. The van der Waals surface area contributed by atoms with Gasteiger partial charge in [0.1, 0.15) is 0 Å². The first kappa shape index (κ1) is 20.7. The molecule has 0 aliphatic carbocycles. The highest BCUT2D eigenvalue weighted by Crippen LogP contribution is 2.30. The van der Waals surface area contributed by atoms with Crippen molar-refractivity contribution in [3.8, 4) is 0 Å². The molecule has 0 aromatic rings. The van der Waals surface area contributed by atoms with Crippen LogP contribution in [-0.4, -0.2) is 25.3 Å². The van der Waals surface area contributed by atoms with Gasteiger partial charge in [-0.15, -0.1) is 0 Å². The van der Waals surface area contributed by atoms with Crippen LogP contribution in [0.25, 0.3) is 0 Å². The summed E-state index contributed by atoms with van der Waals surface area (Å²) in [5, 5.41) is 0. The molecular weight excluding hydrogens is 300 g/mol. The average molecular weight is 335 g/mol. The van der Waals surface area contributed by atoms with Gasteiger partial charge in [0.15, 0.2) is 0 Å². The summed E-state index contributed by atoms with van der Waals surface area (Å²) in [5.41, 5.74) is 0. The summed E-state index contributed by atoms with van der Waals surface area (Å²) in [7, 11) is 1.43. The monoisotopic (exact) mass is 334 g/mol. The summed E-state index contributed by atoms with van der Waals surface area (Å²) in [6, 6.07) is 0. The molecule has 0 amide bonds. The van der Waals surface area contributed by atoms with Gasteiger partial charge >= 0.3 is 5.97 Å². The number of epoxide rings is 1. The van der Waals surface area contributed by atoms with Crippen LogP contribution < -0.4 is 0 Å². The Kier molecular flexibility index (Phi) is 12.1. The topological polar surface area (TPSA) is 38.8 Å². The zero-order chi connectivity index (χ0) is 17.5. The first-order valence-corrected chi connectivity index (χ1v) is 9.45. The number of hydrogen-bond acceptors (Lipinski definition) is 3. The SMILES string of the molecule is CCCCC/C=C\C/C=C\C/C=C\CC1OC1CCCC(=O)OC. The van der Waals surface area contributed by atoms with Crippen molar-refractivity contribution in [2.45, 2.75) is 83.3 Å². The second kappa shape index (κ2) is 14.0. The van der Waals surface area contributed by atoms with Gasteiger partial charge in [-0.3, -0.25) is 4.79 Å². The van der Waals surface area contributed by atoms with Crippen LogP contribution >= 0.6 is 0 Å². The van der Waals surface area contributed by atoms with E-state index in [-0.39, 0.29) is 5.97 Å². The van der Waals surface area contributed by atoms with Gasteiger partial charge in [-0.05, 0) is 44.9 Å². The van der Waals surface area contributed by atoms with Crippen LogP contribution in [0.5, 0.6) is 0 Å². The van der Waals surface area contributed by atoms with Gasteiger partial charge in [-0.2, -0.15) is 0 Å². The van der Waals surface area contributed by atoms with Gasteiger partial charge < -0.3 is 9.47 Å². The minimum atomic E-state index is -0.130. The number of carbonyl (C=O) groups is 1. The highest BCUT2D eigenvalue weighted by molar-refractivity contribution is 5.68. The maximum absolute atomic E-state index is 11.0. The molecule has 1 aliphatic heterocycles. The molecule has 2 atom stereocenters. The molecule has 0 spiro atoms. The Morgan fingerprint density at radius 1 is 0.958 bits per heavy atom. The maximum Gasteiger partial charge on any atom is 0.305 e. The first-order chi connectivity index (χ1) is 11.8. The Morgan fingerprint density at radius 2 is 1.67 bits per heavy atom. The maximum atomic E-state index is 11.0. The molecular formula is C21H34O3. The normalized spacial score (nSPS) is 20.4. The lowest BCUT2D eigenvalue weighted by atomic mass is 10.1. The number of methoxy groups -OCH3 is 1. The second-order valence-electron chi connectivity index (χ2n) is 6.30. The third-order valence-electron chi connectivity index (χ3n) is 4.17. The number of ether oxygens (including phenoxy) is 2. The van der Waals surface area contributed by atoms with Crippen molar-refractivity contribution >= 4 is 5.97 Å². The molecule has 3 heteroatoms. The van der Waals surface area contributed by atoms with Gasteiger partial charge in [0.2, 0.25) is 0 Å². The minimum absolute atomic E-state index is 0.130. The number of hydrogen-bond donors (Lipinski definition) is 0. The van der Waals surface area contributed by atoms with Crippen molar-refractivity contribution in [2.24, 2.45) is 0 Å². The lowest BCUT2D eigenvalue weighted by Crippen LogP contribution is -2.01. The van der Waals surface area contributed by atoms with E-state index in [1.165, 1.54) is 32.8 Å². The Morgan fingerprint density at radius 3 is 2.38 bits per heavy atom. The Labute approximate surface area is 147 Å². The van der Waals surface area contributed by atoms with Crippen LogP contribution in [0.1, 0.15) is 71.1 Å². The van der Waals surface area contributed by atoms with Crippen molar-refractivity contribution in [3.63, 3.8) is 0 Å². The summed E-state index contributed by atoms with van der Waals surface area (Å²) in [5.74, 6) is -0.130. The van der Waals surface area contributed by atoms with Crippen LogP contribution in [-0.2, 0) is 14.3 Å². The largest absolute Gasteiger partial charge is 0.469 e. The van der Waals surface area contributed by atoms with Crippen molar-refractivity contribution in [1.82, 2.24) is 0 Å². The van der Waals surface area contributed by atoms with E-state index in [2.05, 4.69) is 48.1 Å². The van der Waals surface area contributed by atoms with Gasteiger partial charge in [0, 0.05) is 6.42 Å². The van der Waals surface area contributed by atoms with E-state index in [4.69, 9.17) is 4.74 Å². The van der Waals surface area contributed by atoms with Crippen LogP contribution in [0.3, 0.4) is 0 Å². The molecule has 3 nitrogen and oxygen atoms in total. The minimum Gasteiger partial charge on any atom is -0.469 e. The summed E-state index contributed by atoms with van der Waals surface area (Å²) in [6.07, 6.45) is 24.6. The van der Waals surface area contributed by atoms with E-state index >= 15 is 0 Å². The molecule has 24 heavy (non-hydrogen) atoms. The highest BCUT2D eigenvalue weighted by Gasteiger charge is 2.36. The second-order valence-corrected chi connectivity index (χ2v) is 6.30. The van der Waals surface area contributed by atoms with E-state index in [9.17, 15) is 4.79 Å². The number of rotatable bonds is 14.